The van der Waals surface area contributed by atoms with Gasteiger partial charge in [-0.15, -0.1) is 11.8 Å². The van der Waals surface area contributed by atoms with Crippen molar-refractivity contribution >= 4 is 29.2 Å². The maximum atomic E-state index is 7.49. The molecule has 1 rings (SSSR count). The molecule has 0 spiro atoms. The topological polar surface area (TPSA) is 49.9 Å². The van der Waals surface area contributed by atoms with Crippen molar-refractivity contribution in [2.24, 2.45) is 11.1 Å². The molecule has 4 heteroatoms. The van der Waals surface area contributed by atoms with Crippen LogP contribution < -0.4 is 5.73 Å². The Morgan fingerprint density at radius 3 is 2.72 bits per heavy atom. The molecule has 0 atom stereocenters. The summed E-state index contributed by atoms with van der Waals surface area (Å²) in [6.45, 7) is 4.05. The van der Waals surface area contributed by atoms with Crippen molar-refractivity contribution in [2.75, 3.05) is 5.75 Å². The fourth-order valence-corrected chi connectivity index (χ4v) is 2.77. The number of hydrogen-bond donors (Lipinski definition) is 2. The molecular weight excluding hydrogens is 264 g/mol. The molecule has 0 aliphatic rings. The van der Waals surface area contributed by atoms with Gasteiger partial charge >= 0.3 is 0 Å². The Balaban J connectivity index is 2.22. The minimum atomic E-state index is -0.166. The quantitative estimate of drug-likeness (QED) is 0.334. The number of amidine groups is 1. The highest BCUT2D eigenvalue weighted by Crippen LogP contribution is 2.26. The number of unbranched alkanes of at least 4 members (excludes halogenated alkanes) is 1. The van der Waals surface area contributed by atoms with Crippen molar-refractivity contribution in [3.8, 4) is 0 Å². The van der Waals surface area contributed by atoms with Gasteiger partial charge in [-0.1, -0.05) is 37.9 Å². The van der Waals surface area contributed by atoms with Crippen LogP contribution in [0.2, 0.25) is 5.02 Å². The summed E-state index contributed by atoms with van der Waals surface area (Å²) < 4.78 is 0. The molecule has 0 aliphatic carbocycles. The van der Waals surface area contributed by atoms with E-state index in [-0.39, 0.29) is 11.3 Å². The first-order valence-corrected chi connectivity index (χ1v) is 7.51. The molecule has 18 heavy (non-hydrogen) atoms. The molecule has 1 aromatic rings. The molecule has 100 valence electrons. The normalized spacial score (nSPS) is 11.5. The molecule has 3 N–H and O–H groups in total. The SMILES string of the molecule is CC(C)(CCCCSc1cccc(Cl)c1)C(=N)N. The molecule has 0 fully saturated rings. The number of rotatable bonds is 7. The van der Waals surface area contributed by atoms with E-state index in [2.05, 4.69) is 6.07 Å². The molecule has 0 aromatic heterocycles. The summed E-state index contributed by atoms with van der Waals surface area (Å²) in [5.74, 6) is 1.36. The third-order valence-corrected chi connectivity index (χ3v) is 4.31. The van der Waals surface area contributed by atoms with Crippen LogP contribution in [0.3, 0.4) is 0 Å². The van der Waals surface area contributed by atoms with Gasteiger partial charge in [0.1, 0.15) is 0 Å². The van der Waals surface area contributed by atoms with E-state index in [9.17, 15) is 0 Å². The molecule has 1 aromatic carbocycles. The third kappa shape index (κ3) is 5.32. The maximum absolute atomic E-state index is 7.49. The van der Waals surface area contributed by atoms with E-state index in [4.69, 9.17) is 22.7 Å². The second-order valence-corrected chi connectivity index (χ2v) is 6.67. The molecule has 0 heterocycles. The van der Waals surface area contributed by atoms with E-state index in [1.165, 1.54) is 4.90 Å². The fourth-order valence-electron chi connectivity index (χ4n) is 1.55. The second-order valence-electron chi connectivity index (χ2n) is 5.06. The van der Waals surface area contributed by atoms with E-state index in [0.717, 1.165) is 30.0 Å². The van der Waals surface area contributed by atoms with Crippen LogP contribution in [0.25, 0.3) is 0 Å². The molecule has 0 saturated carbocycles. The van der Waals surface area contributed by atoms with Crippen molar-refractivity contribution in [3.05, 3.63) is 29.3 Å². The molecule has 2 nitrogen and oxygen atoms in total. The third-order valence-electron chi connectivity index (χ3n) is 2.99. The zero-order valence-electron chi connectivity index (χ0n) is 11.0. The van der Waals surface area contributed by atoms with Gasteiger partial charge in [-0.2, -0.15) is 0 Å². The van der Waals surface area contributed by atoms with Gasteiger partial charge < -0.3 is 5.73 Å². The standard InChI is InChI=1S/C14H21ClN2S/c1-14(2,13(16)17)8-3-4-9-18-12-7-5-6-11(15)10-12/h5-7,10H,3-4,8-9H2,1-2H3,(H3,16,17). The van der Waals surface area contributed by atoms with Crippen LogP contribution in [0.15, 0.2) is 29.2 Å². The van der Waals surface area contributed by atoms with Crippen LogP contribution >= 0.6 is 23.4 Å². The van der Waals surface area contributed by atoms with Crippen molar-refractivity contribution in [2.45, 2.75) is 38.0 Å². The number of nitrogens with two attached hydrogens (primary N) is 1. The smallest absolute Gasteiger partial charge is 0.0963 e. The van der Waals surface area contributed by atoms with Crippen molar-refractivity contribution in [1.82, 2.24) is 0 Å². The monoisotopic (exact) mass is 284 g/mol. The number of nitrogens with one attached hydrogen (secondary N) is 1. The Hall–Kier alpha value is -0.670. The first-order valence-electron chi connectivity index (χ1n) is 6.15. The van der Waals surface area contributed by atoms with Crippen molar-refractivity contribution < 1.29 is 0 Å². The number of benzene rings is 1. The summed E-state index contributed by atoms with van der Waals surface area (Å²) in [4.78, 5) is 1.22. The Bertz CT molecular complexity index is 405. The van der Waals surface area contributed by atoms with Crippen LogP contribution in [-0.2, 0) is 0 Å². The lowest BCUT2D eigenvalue weighted by Crippen LogP contribution is -2.30. The minimum absolute atomic E-state index is 0.166. The highest BCUT2D eigenvalue weighted by Gasteiger charge is 2.20. The van der Waals surface area contributed by atoms with Crippen LogP contribution in [0.5, 0.6) is 0 Å². The predicted octanol–water partition coefficient (Wildman–Crippen LogP) is 4.56. The summed E-state index contributed by atoms with van der Waals surface area (Å²) in [6.07, 6.45) is 3.20. The van der Waals surface area contributed by atoms with Gasteiger partial charge in [0.25, 0.3) is 0 Å². The lowest BCUT2D eigenvalue weighted by atomic mass is 9.86. The Labute approximate surface area is 119 Å². The van der Waals surface area contributed by atoms with Crippen molar-refractivity contribution in [1.29, 1.82) is 5.41 Å². The van der Waals surface area contributed by atoms with Gasteiger partial charge in [0.15, 0.2) is 0 Å². The van der Waals surface area contributed by atoms with Gasteiger partial charge in [0.05, 0.1) is 5.84 Å². The molecule has 0 radical (unpaired) electrons. The van der Waals surface area contributed by atoms with E-state index < -0.39 is 0 Å². The Kier molecular flexibility index (Phi) is 6.03. The zero-order valence-corrected chi connectivity index (χ0v) is 12.6. The van der Waals surface area contributed by atoms with Gasteiger partial charge in [-0.3, -0.25) is 5.41 Å². The first-order chi connectivity index (χ1) is 8.42. The molecular formula is C14H21ClN2S. The highest BCUT2D eigenvalue weighted by atomic mass is 35.5. The minimum Gasteiger partial charge on any atom is -0.387 e. The molecule has 0 aliphatic heterocycles. The zero-order chi connectivity index (χ0) is 13.6. The summed E-state index contributed by atoms with van der Waals surface area (Å²) >= 11 is 7.75. The van der Waals surface area contributed by atoms with Crippen LogP contribution in [0.1, 0.15) is 33.1 Å². The van der Waals surface area contributed by atoms with Gasteiger partial charge in [0.2, 0.25) is 0 Å². The Morgan fingerprint density at radius 2 is 2.11 bits per heavy atom. The van der Waals surface area contributed by atoms with Crippen molar-refractivity contribution in [3.63, 3.8) is 0 Å². The van der Waals surface area contributed by atoms with E-state index in [0.29, 0.717) is 0 Å². The summed E-state index contributed by atoms with van der Waals surface area (Å²) in [6, 6.07) is 7.94. The number of thioether (sulfide) groups is 1. The van der Waals surface area contributed by atoms with Gasteiger partial charge in [-0.05, 0) is 36.8 Å². The van der Waals surface area contributed by atoms with Crippen LogP contribution in [0.4, 0.5) is 0 Å². The molecule has 0 unspecified atom stereocenters. The average molecular weight is 285 g/mol. The maximum Gasteiger partial charge on any atom is 0.0963 e. The lowest BCUT2D eigenvalue weighted by Gasteiger charge is -2.22. The molecule has 0 saturated heterocycles. The Morgan fingerprint density at radius 1 is 1.39 bits per heavy atom. The van der Waals surface area contributed by atoms with E-state index >= 15 is 0 Å². The second kappa shape index (κ2) is 7.05. The number of hydrogen-bond acceptors (Lipinski definition) is 2. The van der Waals surface area contributed by atoms with E-state index in [1.54, 1.807) is 0 Å². The number of halogens is 1. The highest BCUT2D eigenvalue weighted by molar-refractivity contribution is 7.99. The predicted molar refractivity (Wildman–Crippen MR) is 81.7 cm³/mol. The summed E-state index contributed by atoms with van der Waals surface area (Å²) in [7, 11) is 0. The lowest BCUT2D eigenvalue weighted by molar-refractivity contribution is 0.448. The van der Waals surface area contributed by atoms with Gasteiger partial charge in [-0.25, -0.2) is 0 Å². The average Bonchev–Trinajstić information content (AvgIpc) is 2.28. The molecule has 0 bridgehead atoms. The van der Waals surface area contributed by atoms with Crippen LogP contribution in [-0.4, -0.2) is 11.6 Å². The van der Waals surface area contributed by atoms with E-state index in [1.807, 2.05) is 43.8 Å². The van der Waals surface area contributed by atoms with Crippen LogP contribution in [0, 0.1) is 10.8 Å². The van der Waals surface area contributed by atoms with Gasteiger partial charge in [0, 0.05) is 15.3 Å². The molecule has 0 amide bonds. The first kappa shape index (κ1) is 15.4. The summed E-state index contributed by atoms with van der Waals surface area (Å²) in [5.41, 5.74) is 5.39. The largest absolute Gasteiger partial charge is 0.387 e. The summed E-state index contributed by atoms with van der Waals surface area (Å²) in [5, 5.41) is 8.28. The fraction of sp³-hybridized carbons (Fsp3) is 0.500.